The molecule has 1 heterocycles. The van der Waals surface area contributed by atoms with Crippen LogP contribution in [0.5, 0.6) is 0 Å². The van der Waals surface area contributed by atoms with Crippen molar-refractivity contribution in [3.8, 4) is 0 Å². The number of sulfone groups is 1. The largest absolute Gasteiger partial charge is 0.308 e. The van der Waals surface area contributed by atoms with Gasteiger partial charge in [-0.3, -0.25) is 9.69 Å². The number of thiazole rings is 1. The number of aromatic nitrogens is 1. The molecule has 3 rings (SSSR count). The Kier molecular flexibility index (Phi) is 6.44. The molecule has 1 aromatic heterocycles. The predicted molar refractivity (Wildman–Crippen MR) is 109 cm³/mol. The number of fused-ring (bicyclic) bond motifs is 1. The van der Waals surface area contributed by atoms with Gasteiger partial charge in [0.05, 0.1) is 9.60 Å². The van der Waals surface area contributed by atoms with E-state index in [2.05, 4.69) is 4.98 Å². The molecule has 0 saturated carbocycles. The van der Waals surface area contributed by atoms with Crippen molar-refractivity contribution in [2.45, 2.75) is 4.90 Å². The van der Waals surface area contributed by atoms with Crippen molar-refractivity contribution in [2.24, 2.45) is 0 Å². The van der Waals surface area contributed by atoms with Gasteiger partial charge in [0, 0.05) is 19.2 Å². The third-order valence-electron chi connectivity index (χ3n) is 4.19. The zero-order chi connectivity index (χ0) is 22.1. The van der Waals surface area contributed by atoms with Crippen LogP contribution in [0, 0.1) is 17.5 Å². The summed E-state index contributed by atoms with van der Waals surface area (Å²) in [5.74, 6) is -3.90. The van der Waals surface area contributed by atoms with Crippen molar-refractivity contribution in [3.05, 3.63) is 53.8 Å². The number of amides is 1. The highest BCUT2D eigenvalue weighted by Gasteiger charge is 2.27. The van der Waals surface area contributed by atoms with E-state index in [1.54, 1.807) is 19.0 Å². The van der Waals surface area contributed by atoms with Gasteiger partial charge in [0.25, 0.3) is 0 Å². The van der Waals surface area contributed by atoms with Gasteiger partial charge in [-0.15, -0.1) is 0 Å². The molecule has 0 radical (unpaired) electrons. The first-order valence-electron chi connectivity index (χ1n) is 8.76. The van der Waals surface area contributed by atoms with Crippen LogP contribution in [0.4, 0.5) is 18.3 Å². The van der Waals surface area contributed by atoms with Gasteiger partial charge >= 0.3 is 0 Å². The molecular formula is C19H18F3N3O3S2. The smallest absolute Gasteiger partial charge is 0.244 e. The molecular weight excluding hydrogens is 439 g/mol. The molecule has 30 heavy (non-hydrogen) atoms. The van der Waals surface area contributed by atoms with E-state index in [0.717, 1.165) is 46.6 Å². The zero-order valence-corrected chi connectivity index (χ0v) is 17.7. The minimum atomic E-state index is -4.04. The van der Waals surface area contributed by atoms with E-state index in [1.165, 1.54) is 0 Å². The summed E-state index contributed by atoms with van der Waals surface area (Å²) in [6, 6.07) is 5.94. The second-order valence-corrected chi connectivity index (χ2v) is 9.79. The minimum Gasteiger partial charge on any atom is -0.308 e. The average Bonchev–Trinajstić information content (AvgIpc) is 3.05. The fraction of sp³-hybridized carbons (Fsp3) is 0.263. The van der Waals surface area contributed by atoms with E-state index >= 15 is 0 Å². The fourth-order valence-corrected chi connectivity index (χ4v) is 4.90. The maximum absolute atomic E-state index is 14.0. The number of likely N-dealkylation sites (N-methyl/N-ethyl adjacent to an activating group) is 1. The number of carbonyl (C=O) groups is 1. The molecule has 160 valence electrons. The summed E-state index contributed by atoms with van der Waals surface area (Å²) in [5, 5.41) is 0.0654. The van der Waals surface area contributed by atoms with Crippen molar-refractivity contribution in [1.29, 1.82) is 0 Å². The van der Waals surface area contributed by atoms with Gasteiger partial charge in [-0.2, -0.15) is 0 Å². The summed E-state index contributed by atoms with van der Waals surface area (Å²) >= 11 is 0.889. The van der Waals surface area contributed by atoms with Gasteiger partial charge in [-0.25, -0.2) is 26.6 Å². The highest BCUT2D eigenvalue weighted by molar-refractivity contribution is 7.92. The molecule has 0 aliphatic heterocycles. The molecule has 0 bridgehead atoms. The summed E-state index contributed by atoms with van der Waals surface area (Å²) in [6.45, 7) is 0.476. The maximum atomic E-state index is 14.0. The maximum Gasteiger partial charge on any atom is 0.244 e. The van der Waals surface area contributed by atoms with Crippen LogP contribution in [-0.4, -0.2) is 57.1 Å². The van der Waals surface area contributed by atoms with Gasteiger partial charge < -0.3 is 4.90 Å². The van der Waals surface area contributed by atoms with Crippen LogP contribution >= 0.6 is 11.3 Å². The molecule has 0 aliphatic carbocycles. The van der Waals surface area contributed by atoms with Crippen LogP contribution in [0.15, 0.2) is 41.3 Å². The number of hydrogen-bond donors (Lipinski definition) is 0. The molecule has 0 atom stereocenters. The average molecular weight is 457 g/mol. The second kappa shape index (κ2) is 8.70. The SMILES string of the molecule is CN(C)CCN(C(=O)CS(=O)(=O)c1ccc(F)cc1)c1nc2c(F)cc(F)cc2s1. The normalized spacial score (nSPS) is 11.9. The predicted octanol–water partition coefficient (Wildman–Crippen LogP) is 3.08. The van der Waals surface area contributed by atoms with Crippen molar-refractivity contribution in [1.82, 2.24) is 9.88 Å². The number of halogens is 3. The molecule has 6 nitrogen and oxygen atoms in total. The number of hydrogen-bond acceptors (Lipinski definition) is 6. The van der Waals surface area contributed by atoms with Crippen molar-refractivity contribution < 1.29 is 26.4 Å². The molecule has 0 aliphatic rings. The Morgan fingerprint density at radius 3 is 2.33 bits per heavy atom. The second-order valence-electron chi connectivity index (χ2n) is 6.79. The molecule has 0 N–H and O–H groups in total. The fourth-order valence-electron chi connectivity index (χ4n) is 2.65. The lowest BCUT2D eigenvalue weighted by atomic mass is 10.3. The summed E-state index contributed by atoms with van der Waals surface area (Å²) in [4.78, 5) is 19.7. The molecule has 11 heteroatoms. The lowest BCUT2D eigenvalue weighted by Crippen LogP contribution is -2.40. The molecule has 1 amide bonds. The monoisotopic (exact) mass is 457 g/mol. The Morgan fingerprint density at radius 1 is 1.03 bits per heavy atom. The number of nitrogens with zero attached hydrogens (tertiary/aromatic N) is 3. The van der Waals surface area contributed by atoms with E-state index in [-0.39, 0.29) is 26.8 Å². The zero-order valence-electron chi connectivity index (χ0n) is 16.1. The number of anilines is 1. The van der Waals surface area contributed by atoms with Gasteiger partial charge in [0.1, 0.15) is 22.9 Å². The third kappa shape index (κ3) is 4.97. The van der Waals surface area contributed by atoms with Crippen molar-refractivity contribution in [3.63, 3.8) is 0 Å². The van der Waals surface area contributed by atoms with Crippen LogP contribution in [0.1, 0.15) is 0 Å². The molecule has 0 unspecified atom stereocenters. The first-order valence-corrected chi connectivity index (χ1v) is 11.2. The summed E-state index contributed by atoms with van der Waals surface area (Å²) in [6.07, 6.45) is 0. The summed E-state index contributed by atoms with van der Waals surface area (Å²) in [5.41, 5.74) is -0.0968. The lowest BCUT2D eigenvalue weighted by Gasteiger charge is -2.22. The van der Waals surface area contributed by atoms with Crippen LogP contribution in [0.2, 0.25) is 0 Å². The quantitative estimate of drug-likeness (QED) is 0.510. The lowest BCUT2D eigenvalue weighted by molar-refractivity contribution is -0.116. The summed E-state index contributed by atoms with van der Waals surface area (Å²) in [7, 11) is -0.503. The number of rotatable bonds is 7. The first kappa shape index (κ1) is 22.2. The van der Waals surface area contributed by atoms with Gasteiger partial charge in [-0.05, 0) is 44.4 Å². The van der Waals surface area contributed by atoms with Gasteiger partial charge in [-0.1, -0.05) is 11.3 Å². The number of carbonyl (C=O) groups excluding carboxylic acids is 1. The van der Waals surface area contributed by atoms with E-state index in [4.69, 9.17) is 0 Å². The Hall–Kier alpha value is -2.50. The Balaban J connectivity index is 1.94. The molecule has 0 saturated heterocycles. The van der Waals surface area contributed by atoms with Gasteiger partial charge in [0.2, 0.25) is 5.91 Å². The van der Waals surface area contributed by atoms with Crippen LogP contribution < -0.4 is 4.90 Å². The van der Waals surface area contributed by atoms with Crippen LogP contribution in [0.3, 0.4) is 0 Å². The molecule has 0 fully saturated rings. The van der Waals surface area contributed by atoms with Crippen LogP contribution in [-0.2, 0) is 14.6 Å². The third-order valence-corrected chi connectivity index (χ3v) is 6.83. The van der Waals surface area contributed by atoms with Crippen LogP contribution in [0.25, 0.3) is 10.2 Å². The van der Waals surface area contributed by atoms with E-state index in [1.807, 2.05) is 0 Å². The Labute approximate surface area is 175 Å². The van der Waals surface area contributed by atoms with Crippen molar-refractivity contribution >= 4 is 42.4 Å². The topological polar surface area (TPSA) is 70.6 Å². The standard InChI is InChI=1S/C19H18F3N3O3S2/c1-24(2)7-8-25(19-23-18-15(22)9-13(21)10-16(18)29-19)17(26)11-30(27,28)14-5-3-12(20)4-6-14/h3-6,9-10H,7-8,11H2,1-2H3. The highest BCUT2D eigenvalue weighted by atomic mass is 32.2. The summed E-state index contributed by atoms with van der Waals surface area (Å²) < 4.78 is 66.0. The van der Waals surface area contributed by atoms with E-state index < -0.39 is 38.9 Å². The highest BCUT2D eigenvalue weighted by Crippen LogP contribution is 2.31. The molecule has 3 aromatic rings. The first-order chi connectivity index (χ1) is 14.1. The molecule has 2 aromatic carbocycles. The van der Waals surface area contributed by atoms with Gasteiger partial charge in [0.15, 0.2) is 20.8 Å². The molecule has 0 spiro atoms. The van der Waals surface area contributed by atoms with Crippen molar-refractivity contribution in [2.75, 3.05) is 37.8 Å². The van der Waals surface area contributed by atoms with E-state index in [0.29, 0.717) is 12.6 Å². The minimum absolute atomic E-state index is 0.0654. The number of benzene rings is 2. The Bertz CT molecular complexity index is 1180. The van der Waals surface area contributed by atoms with E-state index in [9.17, 15) is 26.4 Å². The Morgan fingerprint density at radius 2 is 1.70 bits per heavy atom.